The lowest BCUT2D eigenvalue weighted by Gasteiger charge is -2.38. The van der Waals surface area contributed by atoms with Gasteiger partial charge in [0.15, 0.2) is 0 Å². The standard InChI is InChI=1S/C25H31NO4/c1-5-29-23(27)22-17-26(24(28)30-25(2,3)4)15-14-21(22)20-13-9-12-19(16-20)18-10-7-6-8-11-18/h6-13,16,21-22H,5,14-15,17H2,1-4H3. The summed E-state index contributed by atoms with van der Waals surface area (Å²) < 4.78 is 10.9. The van der Waals surface area contributed by atoms with Crippen LogP contribution in [-0.4, -0.2) is 42.3 Å². The van der Waals surface area contributed by atoms with Gasteiger partial charge in [-0.3, -0.25) is 4.79 Å². The molecule has 160 valence electrons. The van der Waals surface area contributed by atoms with E-state index in [1.165, 1.54) is 0 Å². The van der Waals surface area contributed by atoms with Gasteiger partial charge in [-0.05, 0) is 50.8 Å². The molecule has 0 saturated carbocycles. The molecule has 1 heterocycles. The SMILES string of the molecule is CCOC(=O)C1CN(C(=O)OC(C)(C)C)CCC1c1cccc(-c2ccccc2)c1. The normalized spacial score (nSPS) is 19.3. The fraction of sp³-hybridized carbons (Fsp3) is 0.440. The van der Waals surface area contributed by atoms with E-state index in [9.17, 15) is 9.59 Å². The van der Waals surface area contributed by atoms with Crippen molar-refractivity contribution in [3.63, 3.8) is 0 Å². The molecule has 5 nitrogen and oxygen atoms in total. The van der Waals surface area contributed by atoms with Crippen molar-refractivity contribution in [1.29, 1.82) is 0 Å². The van der Waals surface area contributed by atoms with Crippen LogP contribution < -0.4 is 0 Å². The summed E-state index contributed by atoms with van der Waals surface area (Å²) in [4.78, 5) is 27.0. The van der Waals surface area contributed by atoms with E-state index >= 15 is 0 Å². The van der Waals surface area contributed by atoms with E-state index in [-0.39, 0.29) is 18.0 Å². The molecule has 2 aromatic carbocycles. The Morgan fingerprint density at radius 2 is 1.73 bits per heavy atom. The number of hydrogen-bond acceptors (Lipinski definition) is 4. The Morgan fingerprint density at radius 3 is 2.40 bits per heavy atom. The Kier molecular flexibility index (Phi) is 6.80. The molecule has 2 atom stereocenters. The summed E-state index contributed by atoms with van der Waals surface area (Å²) in [7, 11) is 0. The maximum atomic E-state index is 12.8. The molecular weight excluding hydrogens is 378 g/mol. The maximum Gasteiger partial charge on any atom is 0.410 e. The lowest BCUT2D eigenvalue weighted by molar-refractivity contribution is -0.150. The molecule has 0 bridgehead atoms. The van der Waals surface area contributed by atoms with Crippen molar-refractivity contribution in [1.82, 2.24) is 4.90 Å². The molecule has 0 radical (unpaired) electrons. The first-order valence-electron chi connectivity index (χ1n) is 10.6. The Bertz CT molecular complexity index is 872. The number of carbonyl (C=O) groups is 2. The zero-order valence-corrected chi connectivity index (χ0v) is 18.3. The predicted molar refractivity (Wildman–Crippen MR) is 117 cm³/mol. The Hall–Kier alpha value is -2.82. The smallest absolute Gasteiger partial charge is 0.410 e. The van der Waals surface area contributed by atoms with Crippen LogP contribution in [0.25, 0.3) is 11.1 Å². The molecule has 0 aromatic heterocycles. The van der Waals surface area contributed by atoms with Gasteiger partial charge in [0, 0.05) is 19.0 Å². The molecule has 1 amide bonds. The molecule has 1 saturated heterocycles. The zero-order valence-electron chi connectivity index (χ0n) is 18.3. The number of likely N-dealkylation sites (tertiary alicyclic amines) is 1. The molecule has 0 N–H and O–H groups in total. The van der Waals surface area contributed by atoms with Crippen LogP contribution in [0.3, 0.4) is 0 Å². The minimum atomic E-state index is -0.572. The summed E-state index contributed by atoms with van der Waals surface area (Å²) in [5.74, 6) is -0.690. The lowest BCUT2D eigenvalue weighted by atomic mass is 9.79. The quantitative estimate of drug-likeness (QED) is 0.647. The molecule has 2 aromatic rings. The Balaban J connectivity index is 1.85. The van der Waals surface area contributed by atoms with Crippen molar-refractivity contribution in [2.24, 2.45) is 5.92 Å². The number of piperidine rings is 1. The van der Waals surface area contributed by atoms with Gasteiger partial charge in [0.05, 0.1) is 12.5 Å². The number of rotatable bonds is 4. The minimum absolute atomic E-state index is 0.00796. The molecular formula is C25H31NO4. The van der Waals surface area contributed by atoms with Crippen LogP contribution in [0.5, 0.6) is 0 Å². The molecule has 5 heteroatoms. The molecule has 1 fully saturated rings. The molecule has 30 heavy (non-hydrogen) atoms. The summed E-state index contributed by atoms with van der Waals surface area (Å²) >= 11 is 0. The first kappa shape index (κ1) is 21.9. The third-order valence-corrected chi connectivity index (χ3v) is 5.28. The second-order valence-electron chi connectivity index (χ2n) is 8.67. The van der Waals surface area contributed by atoms with E-state index in [4.69, 9.17) is 9.47 Å². The highest BCUT2D eigenvalue weighted by Crippen LogP contribution is 2.36. The highest BCUT2D eigenvalue weighted by molar-refractivity contribution is 5.76. The van der Waals surface area contributed by atoms with Crippen molar-refractivity contribution in [2.45, 2.75) is 45.6 Å². The van der Waals surface area contributed by atoms with Gasteiger partial charge in [-0.2, -0.15) is 0 Å². The monoisotopic (exact) mass is 409 g/mol. The van der Waals surface area contributed by atoms with Crippen LogP contribution in [0.4, 0.5) is 4.79 Å². The van der Waals surface area contributed by atoms with E-state index in [1.807, 2.05) is 45.0 Å². The van der Waals surface area contributed by atoms with Crippen LogP contribution >= 0.6 is 0 Å². The first-order chi connectivity index (χ1) is 14.3. The van der Waals surface area contributed by atoms with Crippen LogP contribution in [0, 0.1) is 5.92 Å². The number of benzene rings is 2. The number of esters is 1. The average molecular weight is 410 g/mol. The van der Waals surface area contributed by atoms with Crippen LogP contribution in [0.15, 0.2) is 54.6 Å². The third kappa shape index (κ3) is 5.41. The highest BCUT2D eigenvalue weighted by atomic mass is 16.6. The van der Waals surface area contributed by atoms with Gasteiger partial charge in [0.1, 0.15) is 5.60 Å². The largest absolute Gasteiger partial charge is 0.466 e. The summed E-state index contributed by atoms with van der Waals surface area (Å²) in [5.41, 5.74) is 2.78. The van der Waals surface area contributed by atoms with Gasteiger partial charge >= 0.3 is 12.1 Å². The second-order valence-corrected chi connectivity index (χ2v) is 8.67. The second kappa shape index (κ2) is 9.33. The highest BCUT2D eigenvalue weighted by Gasteiger charge is 2.39. The van der Waals surface area contributed by atoms with Crippen molar-refractivity contribution in [3.8, 4) is 11.1 Å². The average Bonchev–Trinajstić information content (AvgIpc) is 2.73. The van der Waals surface area contributed by atoms with E-state index in [0.717, 1.165) is 16.7 Å². The Labute approximate surface area is 179 Å². The molecule has 0 aliphatic carbocycles. The third-order valence-electron chi connectivity index (χ3n) is 5.28. The van der Waals surface area contributed by atoms with Gasteiger partial charge in [-0.25, -0.2) is 4.79 Å². The molecule has 1 aliphatic heterocycles. The van der Waals surface area contributed by atoms with Crippen molar-refractivity contribution >= 4 is 12.1 Å². The fourth-order valence-electron chi connectivity index (χ4n) is 3.91. The molecule has 0 spiro atoms. The van der Waals surface area contributed by atoms with Gasteiger partial charge in [0.25, 0.3) is 0 Å². The molecule has 3 rings (SSSR count). The van der Waals surface area contributed by atoms with E-state index < -0.39 is 11.5 Å². The first-order valence-corrected chi connectivity index (χ1v) is 10.6. The number of nitrogens with zero attached hydrogens (tertiary/aromatic N) is 1. The predicted octanol–water partition coefficient (Wildman–Crippen LogP) is 5.26. The lowest BCUT2D eigenvalue weighted by Crippen LogP contribution is -2.47. The van der Waals surface area contributed by atoms with Gasteiger partial charge in [0.2, 0.25) is 0 Å². The van der Waals surface area contributed by atoms with Crippen LogP contribution in [0.1, 0.15) is 45.6 Å². The van der Waals surface area contributed by atoms with Crippen molar-refractivity contribution < 1.29 is 19.1 Å². The molecule has 1 aliphatic rings. The number of ether oxygens (including phenoxy) is 2. The van der Waals surface area contributed by atoms with Crippen LogP contribution in [0.2, 0.25) is 0 Å². The number of carbonyl (C=O) groups excluding carboxylic acids is 2. The van der Waals surface area contributed by atoms with Crippen LogP contribution in [-0.2, 0) is 14.3 Å². The van der Waals surface area contributed by atoms with E-state index in [1.54, 1.807) is 11.8 Å². The fourth-order valence-corrected chi connectivity index (χ4v) is 3.91. The summed E-state index contributed by atoms with van der Waals surface area (Å²) in [6.45, 7) is 8.50. The number of amides is 1. The van der Waals surface area contributed by atoms with Crippen molar-refractivity contribution in [2.75, 3.05) is 19.7 Å². The van der Waals surface area contributed by atoms with Gasteiger partial charge in [-0.1, -0.05) is 54.6 Å². The summed E-state index contributed by atoms with van der Waals surface area (Å²) in [6, 6.07) is 18.5. The van der Waals surface area contributed by atoms with E-state index in [2.05, 4.69) is 30.3 Å². The zero-order chi connectivity index (χ0) is 21.7. The summed E-state index contributed by atoms with van der Waals surface area (Å²) in [6.07, 6.45) is 0.300. The topological polar surface area (TPSA) is 55.8 Å². The number of hydrogen-bond donors (Lipinski definition) is 0. The minimum Gasteiger partial charge on any atom is -0.466 e. The molecule has 2 unspecified atom stereocenters. The Morgan fingerprint density at radius 1 is 1.03 bits per heavy atom. The van der Waals surface area contributed by atoms with Gasteiger partial charge in [-0.15, -0.1) is 0 Å². The maximum absolute atomic E-state index is 12.8. The van der Waals surface area contributed by atoms with E-state index in [0.29, 0.717) is 26.1 Å². The summed E-state index contributed by atoms with van der Waals surface area (Å²) in [5, 5.41) is 0. The van der Waals surface area contributed by atoms with Crippen molar-refractivity contribution in [3.05, 3.63) is 60.2 Å². The van der Waals surface area contributed by atoms with Gasteiger partial charge < -0.3 is 14.4 Å².